The number of rotatable bonds is 3. The van der Waals surface area contributed by atoms with Gasteiger partial charge in [-0.3, -0.25) is 0 Å². The van der Waals surface area contributed by atoms with Gasteiger partial charge in [-0.1, -0.05) is 25.7 Å². The minimum Gasteiger partial charge on any atom is -0.0836 e. The molecule has 0 amide bonds. The lowest BCUT2D eigenvalue weighted by molar-refractivity contribution is 0.738. The molecule has 1 aliphatic rings. The molecular formula is C11H23SSi+. The van der Waals surface area contributed by atoms with Crippen LogP contribution in [0.3, 0.4) is 0 Å². The smallest absolute Gasteiger partial charge is 0.0836 e. The van der Waals surface area contributed by atoms with E-state index >= 15 is 0 Å². The van der Waals surface area contributed by atoms with Crippen LogP contribution < -0.4 is 0 Å². The third-order valence-electron chi connectivity index (χ3n) is 2.39. The van der Waals surface area contributed by atoms with Crippen molar-refractivity contribution in [3.8, 4) is 0 Å². The molecule has 1 aliphatic carbocycles. The molecule has 0 aromatic heterocycles. The molecule has 0 nitrogen and oxygen atoms in total. The first-order valence-electron chi connectivity index (χ1n) is 5.27. The fourth-order valence-corrected chi connectivity index (χ4v) is 9.18. The molecule has 0 bridgehead atoms. The second kappa shape index (κ2) is 4.69. The van der Waals surface area contributed by atoms with E-state index in [-0.39, 0.29) is 0 Å². The van der Waals surface area contributed by atoms with E-state index in [1.165, 1.54) is 24.6 Å². The summed E-state index contributed by atoms with van der Waals surface area (Å²) in [6.07, 6.45) is 11.5. The summed E-state index contributed by atoms with van der Waals surface area (Å²) in [4.78, 5) is 0. The van der Waals surface area contributed by atoms with E-state index < -0.39 is 8.07 Å². The van der Waals surface area contributed by atoms with Gasteiger partial charge in [0, 0.05) is 0 Å². The van der Waals surface area contributed by atoms with E-state index in [0.29, 0.717) is 10.9 Å². The summed E-state index contributed by atoms with van der Waals surface area (Å²) in [5.74, 6) is 0. The van der Waals surface area contributed by atoms with Gasteiger partial charge in [0.05, 0.1) is 11.6 Å². The molecule has 0 saturated carbocycles. The van der Waals surface area contributed by atoms with Crippen molar-refractivity contribution < 1.29 is 0 Å². The standard InChI is InChI=1S/C11H23SSi/c1-12(10-13(2,3)4)11-8-6-5-7-9-11/h6,8,11H,5,7,9-10H2,1-4H3/q+1. The van der Waals surface area contributed by atoms with Crippen LogP contribution in [-0.4, -0.2) is 25.0 Å². The van der Waals surface area contributed by atoms with Crippen LogP contribution in [0.5, 0.6) is 0 Å². The van der Waals surface area contributed by atoms with Crippen LogP contribution >= 0.6 is 0 Å². The van der Waals surface area contributed by atoms with Gasteiger partial charge in [-0.2, -0.15) is 0 Å². The van der Waals surface area contributed by atoms with Crippen molar-refractivity contribution in [3.05, 3.63) is 12.2 Å². The Morgan fingerprint density at radius 2 is 2.08 bits per heavy atom. The Morgan fingerprint density at radius 1 is 1.38 bits per heavy atom. The van der Waals surface area contributed by atoms with Crippen LogP contribution in [-0.2, 0) is 10.9 Å². The van der Waals surface area contributed by atoms with Crippen LogP contribution in [0.2, 0.25) is 19.6 Å². The normalized spacial score (nSPS) is 26.0. The monoisotopic (exact) mass is 215 g/mol. The van der Waals surface area contributed by atoms with Gasteiger partial charge in [-0.25, -0.2) is 0 Å². The molecule has 2 heteroatoms. The first-order chi connectivity index (χ1) is 5.99. The van der Waals surface area contributed by atoms with Gasteiger partial charge in [0.15, 0.2) is 0 Å². The second-order valence-electron chi connectivity index (χ2n) is 5.29. The fraction of sp³-hybridized carbons (Fsp3) is 0.818. The van der Waals surface area contributed by atoms with E-state index in [2.05, 4.69) is 38.0 Å². The Labute approximate surface area is 87.2 Å². The van der Waals surface area contributed by atoms with Gasteiger partial charge in [0.2, 0.25) is 0 Å². The first kappa shape index (κ1) is 11.4. The first-order valence-corrected chi connectivity index (χ1v) is 10.8. The molecule has 1 rings (SSSR count). The van der Waals surface area contributed by atoms with Crippen molar-refractivity contribution >= 4 is 19.0 Å². The van der Waals surface area contributed by atoms with Gasteiger partial charge in [-0.05, 0) is 36.2 Å². The highest BCUT2D eigenvalue weighted by atomic mass is 32.2. The van der Waals surface area contributed by atoms with Gasteiger partial charge in [-0.15, -0.1) is 0 Å². The topological polar surface area (TPSA) is 0 Å². The summed E-state index contributed by atoms with van der Waals surface area (Å²) in [5.41, 5.74) is 0. The van der Waals surface area contributed by atoms with Crippen LogP contribution in [0.4, 0.5) is 0 Å². The quantitative estimate of drug-likeness (QED) is 0.385. The molecule has 2 unspecified atom stereocenters. The zero-order valence-electron chi connectivity index (χ0n) is 9.47. The highest BCUT2D eigenvalue weighted by Gasteiger charge is 2.30. The highest BCUT2D eigenvalue weighted by molar-refractivity contribution is 7.98. The predicted octanol–water partition coefficient (Wildman–Crippen LogP) is 3.22. The Morgan fingerprint density at radius 3 is 2.54 bits per heavy atom. The molecule has 0 spiro atoms. The van der Waals surface area contributed by atoms with Gasteiger partial charge in [0.1, 0.15) is 13.3 Å². The number of hydrogen-bond donors (Lipinski definition) is 0. The molecule has 0 aliphatic heterocycles. The summed E-state index contributed by atoms with van der Waals surface area (Å²) in [6.45, 7) is 7.47. The summed E-state index contributed by atoms with van der Waals surface area (Å²) < 4.78 is 0. The van der Waals surface area contributed by atoms with Crippen LogP contribution in [0, 0.1) is 0 Å². The summed E-state index contributed by atoms with van der Waals surface area (Å²) in [5, 5.41) is 2.43. The molecular weight excluding hydrogens is 192 g/mol. The number of hydrogen-bond acceptors (Lipinski definition) is 0. The van der Waals surface area contributed by atoms with Crippen molar-refractivity contribution in [1.29, 1.82) is 0 Å². The van der Waals surface area contributed by atoms with Crippen molar-refractivity contribution in [3.63, 3.8) is 0 Å². The molecule has 76 valence electrons. The molecule has 0 heterocycles. The second-order valence-corrected chi connectivity index (χ2v) is 13.6. The predicted molar refractivity (Wildman–Crippen MR) is 68.3 cm³/mol. The third kappa shape index (κ3) is 4.36. The van der Waals surface area contributed by atoms with Crippen molar-refractivity contribution in [2.24, 2.45) is 0 Å². The largest absolute Gasteiger partial charge is 0.135 e. The van der Waals surface area contributed by atoms with Gasteiger partial charge in [0.25, 0.3) is 0 Å². The maximum absolute atomic E-state index is 2.49. The van der Waals surface area contributed by atoms with Gasteiger partial charge >= 0.3 is 0 Å². The minimum atomic E-state index is -0.826. The Bertz CT molecular complexity index is 181. The van der Waals surface area contributed by atoms with E-state index in [9.17, 15) is 0 Å². The molecule has 13 heavy (non-hydrogen) atoms. The van der Waals surface area contributed by atoms with Crippen LogP contribution in [0.25, 0.3) is 0 Å². The highest BCUT2D eigenvalue weighted by Crippen LogP contribution is 2.21. The zero-order valence-corrected chi connectivity index (χ0v) is 11.3. The van der Waals surface area contributed by atoms with Crippen molar-refractivity contribution in [2.75, 3.05) is 11.6 Å². The van der Waals surface area contributed by atoms with Gasteiger partial charge < -0.3 is 0 Å². The Balaban J connectivity index is 2.42. The SMILES string of the molecule is C[S+](C[Si](C)(C)C)C1C=CCCC1. The average Bonchev–Trinajstić information content (AvgIpc) is 2.03. The van der Waals surface area contributed by atoms with Crippen molar-refractivity contribution in [1.82, 2.24) is 0 Å². The molecule has 0 radical (unpaired) electrons. The van der Waals surface area contributed by atoms with Crippen LogP contribution in [0.15, 0.2) is 12.2 Å². The summed E-state index contributed by atoms with van der Waals surface area (Å²) >= 11 is 0. The number of allylic oxidation sites excluding steroid dienone is 1. The minimum absolute atomic E-state index is 0.649. The molecule has 0 aromatic rings. The molecule has 0 N–H and O–H groups in total. The lowest BCUT2D eigenvalue weighted by Crippen LogP contribution is -2.36. The lowest BCUT2D eigenvalue weighted by Gasteiger charge is -2.21. The van der Waals surface area contributed by atoms with E-state index in [0.717, 1.165) is 5.25 Å². The van der Waals surface area contributed by atoms with Crippen molar-refractivity contribution in [2.45, 2.75) is 44.2 Å². The molecule has 0 fully saturated rings. The fourth-order valence-electron chi connectivity index (χ4n) is 1.91. The average molecular weight is 215 g/mol. The Kier molecular flexibility index (Phi) is 4.11. The molecule has 2 atom stereocenters. The van der Waals surface area contributed by atoms with Crippen LogP contribution in [0.1, 0.15) is 19.3 Å². The van der Waals surface area contributed by atoms with E-state index in [1.807, 2.05) is 0 Å². The maximum Gasteiger partial charge on any atom is 0.135 e. The third-order valence-corrected chi connectivity index (χ3v) is 9.10. The molecule has 0 saturated heterocycles. The van der Waals surface area contributed by atoms with E-state index in [1.54, 1.807) is 0 Å². The Hall–Kier alpha value is 0.307. The molecule has 0 aromatic carbocycles. The maximum atomic E-state index is 2.49. The lowest BCUT2D eigenvalue weighted by atomic mass is 10.1. The summed E-state index contributed by atoms with van der Waals surface area (Å²) in [6, 6.07) is 0. The summed E-state index contributed by atoms with van der Waals surface area (Å²) in [7, 11) is -0.177. The zero-order chi connectivity index (χ0) is 9.90. The van der Waals surface area contributed by atoms with E-state index in [4.69, 9.17) is 0 Å².